The molecule has 222 valence electrons. The molecule has 0 radical (unpaired) electrons. The maximum atomic E-state index is 6.89. The van der Waals surface area contributed by atoms with Gasteiger partial charge in [-0.1, -0.05) is 192 Å². The lowest BCUT2D eigenvalue weighted by atomic mass is 9.63. The molecule has 0 aromatic heterocycles. The summed E-state index contributed by atoms with van der Waals surface area (Å²) in [4.78, 5) is 0. The molecular formula is C37H67Cl. The Balaban J connectivity index is 2.84. The van der Waals surface area contributed by atoms with Crippen LogP contribution >= 0.6 is 11.6 Å². The Hall–Kier alpha value is -0.490. The Bertz CT molecular complexity index is 574. The van der Waals surface area contributed by atoms with Crippen LogP contribution in [0.15, 0.2) is 30.3 Å². The topological polar surface area (TPSA) is 0 Å². The summed E-state index contributed by atoms with van der Waals surface area (Å²) in [6, 6.07) is 11.6. The van der Waals surface area contributed by atoms with Crippen molar-refractivity contribution in [2.75, 3.05) is 5.88 Å². The van der Waals surface area contributed by atoms with Crippen molar-refractivity contribution in [3.05, 3.63) is 35.9 Å². The largest absolute Gasteiger partial charge is 0.126 e. The first kappa shape index (κ1) is 35.5. The van der Waals surface area contributed by atoms with Gasteiger partial charge in [0.15, 0.2) is 0 Å². The van der Waals surface area contributed by atoms with E-state index >= 15 is 0 Å². The van der Waals surface area contributed by atoms with Crippen molar-refractivity contribution in [1.82, 2.24) is 0 Å². The normalized spacial score (nSPS) is 12.7. The highest BCUT2D eigenvalue weighted by Crippen LogP contribution is 2.45. The van der Waals surface area contributed by atoms with E-state index in [-0.39, 0.29) is 5.41 Å². The van der Waals surface area contributed by atoms with Crippen molar-refractivity contribution in [3.63, 3.8) is 0 Å². The Morgan fingerprint density at radius 1 is 0.500 bits per heavy atom. The zero-order chi connectivity index (χ0) is 27.6. The lowest BCUT2D eigenvalue weighted by Crippen LogP contribution is -2.37. The summed E-state index contributed by atoms with van der Waals surface area (Å²) in [6.45, 7) is 6.94. The van der Waals surface area contributed by atoms with Gasteiger partial charge in [0, 0.05) is 5.88 Å². The van der Waals surface area contributed by atoms with Crippen molar-refractivity contribution in [2.45, 2.75) is 187 Å². The van der Waals surface area contributed by atoms with Gasteiger partial charge in [0.05, 0.1) is 0 Å². The van der Waals surface area contributed by atoms with Crippen LogP contribution in [-0.4, -0.2) is 5.88 Å². The number of alkyl halides is 1. The van der Waals surface area contributed by atoms with Gasteiger partial charge in [-0.25, -0.2) is 0 Å². The van der Waals surface area contributed by atoms with Crippen LogP contribution in [-0.2, 0) is 5.41 Å². The van der Waals surface area contributed by atoms with Crippen LogP contribution in [0.2, 0.25) is 0 Å². The minimum Gasteiger partial charge on any atom is -0.126 e. The number of hydrogen-bond acceptors (Lipinski definition) is 0. The molecule has 1 heteroatoms. The molecule has 1 aromatic carbocycles. The number of halogens is 1. The minimum atomic E-state index is 0.261. The fourth-order valence-corrected chi connectivity index (χ4v) is 7.10. The van der Waals surface area contributed by atoms with Crippen LogP contribution in [0.3, 0.4) is 0 Å². The van der Waals surface area contributed by atoms with E-state index in [1.54, 1.807) is 5.56 Å². The predicted octanol–water partition coefficient (Wildman–Crippen LogP) is 13.6. The molecule has 0 N–H and O–H groups in total. The number of hydrogen-bond donors (Lipinski definition) is 0. The lowest BCUT2D eigenvalue weighted by molar-refractivity contribution is 0.217. The molecule has 0 bridgehead atoms. The Morgan fingerprint density at radius 2 is 0.868 bits per heavy atom. The average Bonchev–Trinajstić information content (AvgIpc) is 2.95. The number of unbranched alkanes of at least 4 members (excludes halogenated alkanes) is 19. The average molecular weight is 547 g/mol. The zero-order valence-electron chi connectivity index (χ0n) is 26.2. The number of rotatable bonds is 28. The second kappa shape index (κ2) is 25.5. The summed E-state index contributed by atoms with van der Waals surface area (Å²) >= 11 is 6.89. The van der Waals surface area contributed by atoms with Gasteiger partial charge in [-0.15, -0.1) is 11.6 Å². The van der Waals surface area contributed by atoms with Crippen molar-refractivity contribution >= 4 is 11.6 Å². The van der Waals surface area contributed by atoms with E-state index in [2.05, 4.69) is 51.1 Å². The smallest absolute Gasteiger partial charge is 0.0260 e. The Morgan fingerprint density at radius 3 is 1.26 bits per heavy atom. The van der Waals surface area contributed by atoms with E-state index in [1.807, 2.05) is 0 Å². The van der Waals surface area contributed by atoms with Gasteiger partial charge in [-0.3, -0.25) is 0 Å². The third-order valence-corrected chi connectivity index (χ3v) is 9.55. The molecule has 0 amide bonds. The van der Waals surface area contributed by atoms with Gasteiger partial charge in [0.25, 0.3) is 0 Å². The van der Waals surface area contributed by atoms with Crippen molar-refractivity contribution < 1.29 is 0 Å². The highest BCUT2D eigenvalue weighted by molar-refractivity contribution is 6.18. The predicted molar refractivity (Wildman–Crippen MR) is 175 cm³/mol. The molecule has 1 atom stereocenters. The second-order valence-corrected chi connectivity index (χ2v) is 12.7. The molecule has 0 spiro atoms. The molecule has 38 heavy (non-hydrogen) atoms. The van der Waals surface area contributed by atoms with Crippen molar-refractivity contribution in [1.29, 1.82) is 0 Å². The van der Waals surface area contributed by atoms with E-state index in [9.17, 15) is 0 Å². The highest BCUT2D eigenvalue weighted by atomic mass is 35.5. The maximum Gasteiger partial charge on any atom is 0.0260 e. The van der Waals surface area contributed by atoms with Gasteiger partial charge < -0.3 is 0 Å². The van der Waals surface area contributed by atoms with E-state index in [4.69, 9.17) is 11.6 Å². The van der Waals surface area contributed by atoms with Crippen LogP contribution in [0.4, 0.5) is 0 Å². The minimum absolute atomic E-state index is 0.261. The fraction of sp³-hybridized carbons (Fsp3) is 0.838. The lowest BCUT2D eigenvalue weighted by Gasteiger charge is -2.42. The van der Waals surface area contributed by atoms with Crippen molar-refractivity contribution in [2.24, 2.45) is 5.92 Å². The molecule has 0 aliphatic heterocycles. The van der Waals surface area contributed by atoms with Gasteiger partial charge >= 0.3 is 0 Å². The van der Waals surface area contributed by atoms with Gasteiger partial charge in [-0.05, 0) is 36.2 Å². The molecule has 0 fully saturated rings. The number of benzene rings is 1. The molecule has 1 aromatic rings. The quantitative estimate of drug-likeness (QED) is 0.0723. The second-order valence-electron chi connectivity index (χ2n) is 12.4. The molecule has 1 unspecified atom stereocenters. The standard InChI is InChI=1S/C37H67Cl/c1-4-7-10-13-16-18-21-27-32-37(35-29-25-23-26-30-35,33-28-22-19-17-14-11-8-5-2)36(34-38)31-24-20-15-12-9-6-3/h23,25-26,29-30,36H,4-22,24,27-28,31-34H2,1-3H3. The molecular weight excluding hydrogens is 480 g/mol. The zero-order valence-corrected chi connectivity index (χ0v) is 27.0. The van der Waals surface area contributed by atoms with Crippen LogP contribution < -0.4 is 0 Å². The first-order valence-corrected chi connectivity index (χ1v) is 17.9. The third kappa shape index (κ3) is 15.9. The summed E-state index contributed by atoms with van der Waals surface area (Å²) in [5.41, 5.74) is 1.85. The molecule has 0 aliphatic rings. The Kier molecular flexibility index (Phi) is 23.8. The van der Waals surface area contributed by atoms with E-state index in [0.29, 0.717) is 5.92 Å². The summed E-state index contributed by atoms with van der Waals surface area (Å²) in [5, 5.41) is 0. The summed E-state index contributed by atoms with van der Waals surface area (Å²) in [6.07, 6.45) is 34.6. The van der Waals surface area contributed by atoms with Gasteiger partial charge in [-0.2, -0.15) is 0 Å². The van der Waals surface area contributed by atoms with Crippen LogP contribution in [0, 0.1) is 5.92 Å². The SMILES string of the molecule is CCCCCCCCCCC(CCCCCCCCCC)(c1ccccc1)C(CCl)CCCCCCCC. The first-order valence-electron chi connectivity index (χ1n) is 17.4. The fourth-order valence-electron chi connectivity index (χ4n) is 6.65. The van der Waals surface area contributed by atoms with Gasteiger partial charge in [0.1, 0.15) is 0 Å². The Labute approximate surface area is 245 Å². The van der Waals surface area contributed by atoms with E-state index in [1.165, 1.54) is 161 Å². The molecule has 0 nitrogen and oxygen atoms in total. The molecule has 0 saturated heterocycles. The summed E-state index contributed by atoms with van der Waals surface area (Å²) in [5.74, 6) is 1.42. The summed E-state index contributed by atoms with van der Waals surface area (Å²) in [7, 11) is 0. The van der Waals surface area contributed by atoms with E-state index in [0.717, 1.165) is 5.88 Å². The third-order valence-electron chi connectivity index (χ3n) is 9.18. The molecule has 0 heterocycles. The van der Waals surface area contributed by atoms with E-state index < -0.39 is 0 Å². The molecule has 1 rings (SSSR count). The van der Waals surface area contributed by atoms with Crippen LogP contribution in [0.25, 0.3) is 0 Å². The molecule has 0 saturated carbocycles. The van der Waals surface area contributed by atoms with Crippen LogP contribution in [0.5, 0.6) is 0 Å². The maximum absolute atomic E-state index is 6.89. The molecule has 0 aliphatic carbocycles. The summed E-state index contributed by atoms with van der Waals surface area (Å²) < 4.78 is 0. The van der Waals surface area contributed by atoms with Crippen LogP contribution in [0.1, 0.15) is 187 Å². The van der Waals surface area contributed by atoms with Crippen molar-refractivity contribution in [3.8, 4) is 0 Å². The van der Waals surface area contributed by atoms with Gasteiger partial charge in [0.2, 0.25) is 0 Å². The monoisotopic (exact) mass is 546 g/mol. The first-order chi connectivity index (χ1) is 18.7. The highest BCUT2D eigenvalue weighted by Gasteiger charge is 2.38.